The lowest BCUT2D eigenvalue weighted by Gasteiger charge is -2.06. The Labute approximate surface area is 98.0 Å². The number of carboxylic acids is 1. The molecule has 0 aliphatic rings. The second-order valence-electron chi connectivity index (χ2n) is 3.40. The topological polar surface area (TPSA) is 89.7 Å². The molecule has 0 bridgehead atoms. The van der Waals surface area contributed by atoms with Crippen LogP contribution in [0.4, 0.5) is 5.69 Å². The van der Waals surface area contributed by atoms with Crippen molar-refractivity contribution in [2.75, 3.05) is 6.61 Å². The molecule has 0 aliphatic heterocycles. The van der Waals surface area contributed by atoms with Crippen LogP contribution in [0.2, 0.25) is 0 Å². The SMILES string of the molecule is CCc1ccc(OCCC(=O)O)c([N+](=O)[O-])c1. The molecule has 0 aromatic heterocycles. The lowest BCUT2D eigenvalue weighted by molar-refractivity contribution is -0.385. The van der Waals surface area contributed by atoms with Gasteiger partial charge in [-0.05, 0) is 18.1 Å². The number of aryl methyl sites for hydroxylation is 1. The smallest absolute Gasteiger partial charge is 0.311 e. The average molecular weight is 239 g/mol. The molecule has 17 heavy (non-hydrogen) atoms. The van der Waals surface area contributed by atoms with Crippen molar-refractivity contribution in [3.05, 3.63) is 33.9 Å². The number of hydrogen-bond acceptors (Lipinski definition) is 4. The second-order valence-corrected chi connectivity index (χ2v) is 3.40. The molecule has 6 heteroatoms. The fraction of sp³-hybridized carbons (Fsp3) is 0.364. The van der Waals surface area contributed by atoms with Crippen molar-refractivity contribution >= 4 is 11.7 Å². The minimum atomic E-state index is -1.00. The summed E-state index contributed by atoms with van der Waals surface area (Å²) >= 11 is 0. The molecule has 1 aromatic carbocycles. The average Bonchev–Trinajstić information content (AvgIpc) is 2.28. The molecule has 1 aromatic rings. The zero-order chi connectivity index (χ0) is 12.8. The maximum Gasteiger partial charge on any atom is 0.311 e. The highest BCUT2D eigenvalue weighted by Crippen LogP contribution is 2.28. The number of carbonyl (C=O) groups is 1. The van der Waals surface area contributed by atoms with E-state index in [1.165, 1.54) is 12.1 Å². The number of nitro groups is 1. The Morgan fingerprint density at radius 2 is 2.24 bits per heavy atom. The predicted molar refractivity (Wildman–Crippen MR) is 60.2 cm³/mol. The first-order valence-corrected chi connectivity index (χ1v) is 5.16. The number of carboxylic acid groups (broad SMARTS) is 1. The number of rotatable bonds is 6. The minimum Gasteiger partial charge on any atom is -0.486 e. The Bertz CT molecular complexity index is 430. The number of nitrogens with zero attached hydrogens (tertiary/aromatic N) is 1. The van der Waals surface area contributed by atoms with Crippen molar-refractivity contribution in [2.45, 2.75) is 19.8 Å². The maximum absolute atomic E-state index is 10.8. The molecule has 92 valence electrons. The van der Waals surface area contributed by atoms with Gasteiger partial charge in [0.15, 0.2) is 5.75 Å². The molecular weight excluding hydrogens is 226 g/mol. The Morgan fingerprint density at radius 3 is 2.76 bits per heavy atom. The van der Waals surface area contributed by atoms with E-state index in [9.17, 15) is 14.9 Å². The van der Waals surface area contributed by atoms with E-state index in [1.807, 2.05) is 6.92 Å². The Kier molecular flexibility index (Phi) is 4.45. The van der Waals surface area contributed by atoms with E-state index in [1.54, 1.807) is 6.07 Å². The van der Waals surface area contributed by atoms with Gasteiger partial charge >= 0.3 is 11.7 Å². The summed E-state index contributed by atoms with van der Waals surface area (Å²) in [6.45, 7) is 1.81. The van der Waals surface area contributed by atoms with Gasteiger partial charge in [-0.1, -0.05) is 13.0 Å². The zero-order valence-electron chi connectivity index (χ0n) is 9.38. The summed E-state index contributed by atoms with van der Waals surface area (Å²) < 4.78 is 5.09. The largest absolute Gasteiger partial charge is 0.486 e. The molecule has 1 rings (SSSR count). The van der Waals surface area contributed by atoms with E-state index < -0.39 is 10.9 Å². The maximum atomic E-state index is 10.8. The van der Waals surface area contributed by atoms with Crippen LogP contribution in [-0.2, 0) is 11.2 Å². The van der Waals surface area contributed by atoms with Gasteiger partial charge in [0, 0.05) is 6.07 Å². The van der Waals surface area contributed by atoms with E-state index in [-0.39, 0.29) is 24.5 Å². The number of nitro benzene ring substituents is 1. The zero-order valence-corrected chi connectivity index (χ0v) is 9.38. The number of benzene rings is 1. The summed E-state index contributed by atoms with van der Waals surface area (Å²) in [7, 11) is 0. The minimum absolute atomic E-state index is 0.0817. The number of hydrogen-bond donors (Lipinski definition) is 1. The van der Waals surface area contributed by atoms with Crippen LogP contribution in [0.5, 0.6) is 5.75 Å². The van der Waals surface area contributed by atoms with Gasteiger partial charge in [0.05, 0.1) is 18.0 Å². The fourth-order valence-corrected chi connectivity index (χ4v) is 1.30. The van der Waals surface area contributed by atoms with Crippen molar-refractivity contribution in [3.8, 4) is 5.75 Å². The lowest BCUT2D eigenvalue weighted by Crippen LogP contribution is -2.06. The predicted octanol–water partition coefficient (Wildman–Crippen LogP) is 2.01. The highest BCUT2D eigenvalue weighted by atomic mass is 16.6. The molecule has 0 radical (unpaired) electrons. The highest BCUT2D eigenvalue weighted by molar-refractivity contribution is 5.66. The van der Waals surface area contributed by atoms with Crippen LogP contribution in [-0.4, -0.2) is 22.6 Å². The van der Waals surface area contributed by atoms with Crippen LogP contribution in [0.1, 0.15) is 18.9 Å². The summed E-state index contributed by atoms with van der Waals surface area (Å²) in [5.74, 6) is -0.897. The van der Waals surface area contributed by atoms with Gasteiger partial charge < -0.3 is 9.84 Å². The van der Waals surface area contributed by atoms with Crippen molar-refractivity contribution in [3.63, 3.8) is 0 Å². The first-order chi connectivity index (χ1) is 8.04. The van der Waals surface area contributed by atoms with Crippen LogP contribution < -0.4 is 4.74 Å². The van der Waals surface area contributed by atoms with Crippen molar-refractivity contribution in [1.82, 2.24) is 0 Å². The molecule has 0 saturated carbocycles. The van der Waals surface area contributed by atoms with Crippen LogP contribution in [0.25, 0.3) is 0 Å². The molecule has 0 spiro atoms. The molecule has 6 nitrogen and oxygen atoms in total. The van der Waals surface area contributed by atoms with E-state index in [0.717, 1.165) is 5.56 Å². The fourth-order valence-electron chi connectivity index (χ4n) is 1.30. The van der Waals surface area contributed by atoms with Crippen LogP contribution >= 0.6 is 0 Å². The summed E-state index contributed by atoms with van der Waals surface area (Å²) in [5.41, 5.74) is 0.706. The second kappa shape index (κ2) is 5.83. The number of ether oxygens (including phenoxy) is 1. The van der Waals surface area contributed by atoms with E-state index in [0.29, 0.717) is 6.42 Å². The number of aliphatic carboxylic acids is 1. The molecule has 0 saturated heterocycles. The summed E-state index contributed by atoms with van der Waals surface area (Å²) in [6, 6.07) is 4.66. The van der Waals surface area contributed by atoms with Gasteiger partial charge in [-0.25, -0.2) is 0 Å². The van der Waals surface area contributed by atoms with Gasteiger partial charge in [0.25, 0.3) is 0 Å². The molecule has 0 amide bonds. The molecule has 0 aliphatic carbocycles. The summed E-state index contributed by atoms with van der Waals surface area (Å²) in [4.78, 5) is 20.6. The van der Waals surface area contributed by atoms with Crippen molar-refractivity contribution in [2.24, 2.45) is 0 Å². The standard InChI is InChI=1S/C11H13NO5/c1-2-8-3-4-10(9(7-8)12(15)16)17-6-5-11(13)14/h3-4,7H,2,5-6H2,1H3,(H,13,14). The first kappa shape index (κ1) is 13.0. The normalized spacial score (nSPS) is 9.94. The van der Waals surface area contributed by atoms with Crippen LogP contribution in [0, 0.1) is 10.1 Å². The third-order valence-corrected chi connectivity index (χ3v) is 2.20. The Balaban J connectivity index is 2.83. The van der Waals surface area contributed by atoms with Gasteiger partial charge in [-0.3, -0.25) is 14.9 Å². The van der Waals surface area contributed by atoms with Gasteiger partial charge in [0.2, 0.25) is 0 Å². The molecule has 1 N–H and O–H groups in total. The van der Waals surface area contributed by atoms with Crippen LogP contribution in [0.3, 0.4) is 0 Å². The monoisotopic (exact) mass is 239 g/mol. The van der Waals surface area contributed by atoms with Crippen LogP contribution in [0.15, 0.2) is 18.2 Å². The molecule has 0 atom stereocenters. The molecule has 0 fully saturated rings. The van der Waals surface area contributed by atoms with Gasteiger partial charge in [-0.2, -0.15) is 0 Å². The molecule has 0 heterocycles. The third-order valence-electron chi connectivity index (χ3n) is 2.20. The Hall–Kier alpha value is -2.11. The first-order valence-electron chi connectivity index (χ1n) is 5.16. The van der Waals surface area contributed by atoms with Crippen molar-refractivity contribution in [1.29, 1.82) is 0 Å². The van der Waals surface area contributed by atoms with E-state index >= 15 is 0 Å². The highest BCUT2D eigenvalue weighted by Gasteiger charge is 2.15. The van der Waals surface area contributed by atoms with Gasteiger partial charge in [0.1, 0.15) is 0 Å². The summed E-state index contributed by atoms with van der Waals surface area (Å²) in [5, 5.41) is 19.2. The quantitative estimate of drug-likeness (QED) is 0.605. The molecular formula is C11H13NO5. The third kappa shape index (κ3) is 3.75. The molecule has 0 unspecified atom stereocenters. The van der Waals surface area contributed by atoms with Gasteiger partial charge in [-0.15, -0.1) is 0 Å². The van der Waals surface area contributed by atoms with E-state index in [4.69, 9.17) is 9.84 Å². The lowest BCUT2D eigenvalue weighted by atomic mass is 10.1. The Morgan fingerprint density at radius 1 is 1.53 bits per heavy atom. The van der Waals surface area contributed by atoms with E-state index in [2.05, 4.69) is 0 Å². The summed E-state index contributed by atoms with van der Waals surface area (Å²) in [6.07, 6.45) is 0.503. The van der Waals surface area contributed by atoms with Crippen molar-refractivity contribution < 1.29 is 19.6 Å².